The smallest absolute Gasteiger partial charge is 0.0349 e. The number of benzene rings is 4. The van der Waals surface area contributed by atoms with Crippen LogP contribution in [-0.4, -0.2) is 0 Å². The molecule has 0 aromatic heterocycles. The first-order chi connectivity index (χ1) is 14.5. The van der Waals surface area contributed by atoms with Crippen molar-refractivity contribution in [1.29, 1.82) is 0 Å². The summed E-state index contributed by atoms with van der Waals surface area (Å²) in [6, 6.07) is 31.5. The SMILES string of the molecule is Nc1ccc(Cc2ccccc2N)cc1.Nc1ccccc1Cc1ccccc1N. The van der Waals surface area contributed by atoms with E-state index in [2.05, 4.69) is 0 Å². The number of nitrogen functional groups attached to an aromatic ring is 4. The Labute approximate surface area is 178 Å². The average molecular weight is 397 g/mol. The number of hydrogen-bond acceptors (Lipinski definition) is 4. The summed E-state index contributed by atoms with van der Waals surface area (Å²) in [5, 5.41) is 0. The lowest BCUT2D eigenvalue weighted by Crippen LogP contribution is -1.98. The van der Waals surface area contributed by atoms with Crippen molar-refractivity contribution >= 4 is 22.7 Å². The Bertz CT molecular complexity index is 1040. The average Bonchev–Trinajstić information content (AvgIpc) is 2.75. The molecule has 152 valence electrons. The lowest BCUT2D eigenvalue weighted by atomic mass is 10.0. The van der Waals surface area contributed by atoms with Gasteiger partial charge >= 0.3 is 0 Å². The molecule has 0 aliphatic rings. The van der Waals surface area contributed by atoms with E-state index in [0.717, 1.165) is 52.3 Å². The van der Waals surface area contributed by atoms with Gasteiger partial charge in [0, 0.05) is 29.2 Å². The van der Waals surface area contributed by atoms with Gasteiger partial charge in [-0.25, -0.2) is 0 Å². The van der Waals surface area contributed by atoms with Crippen LogP contribution in [0.25, 0.3) is 0 Å². The number of rotatable bonds is 4. The largest absolute Gasteiger partial charge is 0.399 e. The van der Waals surface area contributed by atoms with Gasteiger partial charge in [0.1, 0.15) is 0 Å². The molecule has 4 nitrogen and oxygen atoms in total. The summed E-state index contributed by atoms with van der Waals surface area (Å²) >= 11 is 0. The van der Waals surface area contributed by atoms with Crippen molar-refractivity contribution in [3.05, 3.63) is 119 Å². The molecule has 4 aromatic rings. The molecule has 0 atom stereocenters. The topological polar surface area (TPSA) is 104 Å². The Hall–Kier alpha value is -3.92. The Morgan fingerprint density at radius 1 is 0.400 bits per heavy atom. The van der Waals surface area contributed by atoms with Gasteiger partial charge in [0.05, 0.1) is 0 Å². The minimum atomic E-state index is 0.791. The molecule has 0 heterocycles. The predicted octanol–water partition coefficient (Wildman–Crippen LogP) is 4.88. The monoisotopic (exact) mass is 396 g/mol. The highest BCUT2D eigenvalue weighted by molar-refractivity contribution is 5.54. The molecule has 0 fully saturated rings. The maximum absolute atomic E-state index is 5.88. The molecule has 0 unspecified atom stereocenters. The van der Waals surface area contributed by atoms with E-state index in [0.29, 0.717) is 0 Å². The van der Waals surface area contributed by atoms with Gasteiger partial charge in [-0.15, -0.1) is 0 Å². The summed E-state index contributed by atoms with van der Waals surface area (Å²) in [4.78, 5) is 0. The first-order valence-electron chi connectivity index (χ1n) is 9.87. The second-order valence-electron chi connectivity index (χ2n) is 7.19. The van der Waals surface area contributed by atoms with Crippen molar-refractivity contribution in [2.24, 2.45) is 0 Å². The van der Waals surface area contributed by atoms with Gasteiger partial charge in [-0.1, -0.05) is 66.7 Å². The second kappa shape index (κ2) is 10.0. The molecule has 0 amide bonds. The van der Waals surface area contributed by atoms with Crippen molar-refractivity contribution in [3.63, 3.8) is 0 Å². The molecular weight excluding hydrogens is 368 g/mol. The number of nitrogens with two attached hydrogens (primary N) is 4. The van der Waals surface area contributed by atoms with Gasteiger partial charge in [0.15, 0.2) is 0 Å². The molecule has 4 heteroatoms. The summed E-state index contributed by atoms with van der Waals surface area (Å²) in [5.74, 6) is 0. The molecule has 0 spiro atoms. The van der Waals surface area contributed by atoms with Gasteiger partial charge in [-0.2, -0.15) is 0 Å². The third-order valence-corrected chi connectivity index (χ3v) is 4.92. The van der Waals surface area contributed by atoms with Crippen LogP contribution in [0.5, 0.6) is 0 Å². The van der Waals surface area contributed by atoms with Crippen LogP contribution in [0.15, 0.2) is 97.1 Å². The zero-order valence-electron chi connectivity index (χ0n) is 17.0. The molecular formula is C26H28N4. The molecule has 0 radical (unpaired) electrons. The summed E-state index contributed by atoms with van der Waals surface area (Å²) in [5.41, 5.74) is 31.1. The second-order valence-corrected chi connectivity index (χ2v) is 7.19. The van der Waals surface area contributed by atoms with E-state index in [-0.39, 0.29) is 0 Å². The van der Waals surface area contributed by atoms with E-state index >= 15 is 0 Å². The molecule has 0 aliphatic carbocycles. The Morgan fingerprint density at radius 3 is 1.17 bits per heavy atom. The lowest BCUT2D eigenvalue weighted by molar-refractivity contribution is 1.20. The first-order valence-corrected chi connectivity index (χ1v) is 9.87. The lowest BCUT2D eigenvalue weighted by Gasteiger charge is -2.07. The summed E-state index contributed by atoms with van der Waals surface area (Å²) in [6.07, 6.45) is 1.65. The van der Waals surface area contributed by atoms with Crippen LogP contribution in [0.1, 0.15) is 22.3 Å². The highest BCUT2D eigenvalue weighted by atomic mass is 14.6. The molecule has 0 aliphatic heterocycles. The minimum absolute atomic E-state index is 0.791. The van der Waals surface area contributed by atoms with Gasteiger partial charge in [0.2, 0.25) is 0 Å². The summed E-state index contributed by atoms with van der Waals surface area (Å²) in [6.45, 7) is 0. The number of hydrogen-bond donors (Lipinski definition) is 4. The van der Waals surface area contributed by atoms with Gasteiger partial charge in [-0.05, 0) is 59.0 Å². The molecule has 0 bridgehead atoms. The Morgan fingerprint density at radius 2 is 0.767 bits per heavy atom. The molecule has 30 heavy (non-hydrogen) atoms. The Kier molecular flexibility index (Phi) is 6.95. The van der Waals surface area contributed by atoms with Crippen LogP contribution in [0.4, 0.5) is 22.7 Å². The van der Waals surface area contributed by atoms with Crippen LogP contribution in [-0.2, 0) is 12.8 Å². The zero-order chi connectivity index (χ0) is 21.3. The summed E-state index contributed by atoms with van der Waals surface area (Å²) < 4.78 is 0. The van der Waals surface area contributed by atoms with Gasteiger partial charge in [0.25, 0.3) is 0 Å². The highest BCUT2D eigenvalue weighted by Gasteiger charge is 2.02. The van der Waals surface area contributed by atoms with Crippen molar-refractivity contribution in [2.45, 2.75) is 12.8 Å². The molecule has 4 rings (SSSR count). The minimum Gasteiger partial charge on any atom is -0.399 e. The maximum atomic E-state index is 5.88. The molecule has 0 saturated carbocycles. The molecule has 8 N–H and O–H groups in total. The molecule has 0 saturated heterocycles. The van der Waals surface area contributed by atoms with Gasteiger partial charge < -0.3 is 22.9 Å². The normalized spacial score (nSPS) is 10.1. The Balaban J connectivity index is 0.000000171. The van der Waals surface area contributed by atoms with E-state index in [1.165, 1.54) is 5.56 Å². The van der Waals surface area contributed by atoms with E-state index in [1.807, 2.05) is 97.1 Å². The fourth-order valence-corrected chi connectivity index (χ4v) is 3.15. The number of para-hydroxylation sites is 3. The predicted molar refractivity (Wildman–Crippen MR) is 129 cm³/mol. The maximum Gasteiger partial charge on any atom is 0.0349 e. The van der Waals surface area contributed by atoms with E-state index in [4.69, 9.17) is 22.9 Å². The highest BCUT2D eigenvalue weighted by Crippen LogP contribution is 2.20. The molecule has 4 aromatic carbocycles. The fraction of sp³-hybridized carbons (Fsp3) is 0.0769. The zero-order valence-corrected chi connectivity index (χ0v) is 17.0. The quantitative estimate of drug-likeness (QED) is 0.369. The van der Waals surface area contributed by atoms with Crippen molar-refractivity contribution in [3.8, 4) is 0 Å². The van der Waals surface area contributed by atoms with Crippen LogP contribution in [0.3, 0.4) is 0 Å². The third kappa shape index (κ3) is 5.79. The van der Waals surface area contributed by atoms with E-state index < -0.39 is 0 Å². The number of anilines is 4. The van der Waals surface area contributed by atoms with Gasteiger partial charge in [-0.3, -0.25) is 0 Å². The van der Waals surface area contributed by atoms with Crippen LogP contribution < -0.4 is 22.9 Å². The van der Waals surface area contributed by atoms with Crippen molar-refractivity contribution in [1.82, 2.24) is 0 Å². The standard InChI is InChI=1S/2C13H14N2/c14-12-7-3-1-5-10(12)9-11-6-2-4-8-13(11)15;14-12-7-5-10(6-8-12)9-11-3-1-2-4-13(11)15/h2*1-8H,9,14-15H2. The van der Waals surface area contributed by atoms with Crippen molar-refractivity contribution in [2.75, 3.05) is 22.9 Å². The first kappa shape index (κ1) is 20.8. The summed E-state index contributed by atoms with van der Waals surface area (Å²) in [7, 11) is 0. The van der Waals surface area contributed by atoms with Crippen LogP contribution in [0, 0.1) is 0 Å². The third-order valence-electron chi connectivity index (χ3n) is 4.92. The van der Waals surface area contributed by atoms with E-state index in [9.17, 15) is 0 Å². The van der Waals surface area contributed by atoms with Crippen molar-refractivity contribution < 1.29 is 0 Å². The van der Waals surface area contributed by atoms with Crippen LogP contribution in [0.2, 0.25) is 0 Å². The fourth-order valence-electron chi connectivity index (χ4n) is 3.15. The van der Waals surface area contributed by atoms with E-state index in [1.54, 1.807) is 0 Å². The van der Waals surface area contributed by atoms with Crippen LogP contribution >= 0.6 is 0 Å².